The Morgan fingerprint density at radius 1 is 0.952 bits per heavy atom. The van der Waals surface area contributed by atoms with Crippen molar-refractivity contribution >= 4 is 27.7 Å². The van der Waals surface area contributed by atoms with Gasteiger partial charge in [0, 0.05) is 37.5 Å². The lowest BCUT2D eigenvalue weighted by molar-refractivity contribution is -0.141. The number of benzene rings is 3. The summed E-state index contributed by atoms with van der Waals surface area (Å²) < 4.78 is 41.5. The van der Waals surface area contributed by atoms with Crippen molar-refractivity contribution in [2.45, 2.75) is 68.5 Å². The van der Waals surface area contributed by atoms with E-state index in [4.69, 9.17) is 0 Å². The molecule has 3 aromatic carbocycles. The zero-order valence-electron chi connectivity index (χ0n) is 23.2. The molecule has 1 N–H and O–H groups in total. The Balaban J connectivity index is 1.38. The number of halogens is 1. The lowest BCUT2D eigenvalue weighted by Gasteiger charge is -2.32. The van der Waals surface area contributed by atoms with Crippen LogP contribution in [0.4, 0.5) is 4.39 Å². The van der Waals surface area contributed by atoms with E-state index in [0.29, 0.717) is 0 Å². The average Bonchev–Trinajstić information content (AvgIpc) is 3.57. The number of carbonyl (C=O) groups is 3. The standard InChI is InChI=1S/C32H34FN3O5S/c33-27-17-8-4-13-24(27)22-35(28(21-23-11-2-1-3-12-23)31(38)34-25-14-5-6-15-25)30(37)19-10-20-36-32(39)26-16-7-9-18-29(26)42(36,40)41/h1-4,7-9,11-13,16-18,25,28H,5-6,10,14-15,19-22H2,(H,34,38)/t28-/m1/s1. The summed E-state index contributed by atoms with van der Waals surface area (Å²) in [6.07, 6.45) is 3.92. The lowest BCUT2D eigenvalue weighted by atomic mass is 10.0. The zero-order valence-corrected chi connectivity index (χ0v) is 24.1. The molecule has 3 aromatic rings. The first-order valence-electron chi connectivity index (χ1n) is 14.3. The summed E-state index contributed by atoms with van der Waals surface area (Å²) in [5.74, 6) is -1.85. The third kappa shape index (κ3) is 6.38. The number of rotatable bonds is 11. The zero-order chi connectivity index (χ0) is 29.7. The van der Waals surface area contributed by atoms with Gasteiger partial charge in [0.2, 0.25) is 11.8 Å². The van der Waals surface area contributed by atoms with E-state index in [1.807, 2.05) is 30.3 Å². The van der Waals surface area contributed by atoms with E-state index in [2.05, 4.69) is 5.32 Å². The van der Waals surface area contributed by atoms with Crippen molar-refractivity contribution in [3.63, 3.8) is 0 Å². The van der Waals surface area contributed by atoms with Gasteiger partial charge >= 0.3 is 0 Å². The van der Waals surface area contributed by atoms with Crippen LogP contribution in [0.15, 0.2) is 83.8 Å². The van der Waals surface area contributed by atoms with Crippen LogP contribution in [0.5, 0.6) is 0 Å². The van der Waals surface area contributed by atoms with Crippen molar-refractivity contribution in [1.82, 2.24) is 14.5 Å². The molecule has 2 aliphatic rings. The van der Waals surface area contributed by atoms with Crippen molar-refractivity contribution in [2.75, 3.05) is 6.54 Å². The van der Waals surface area contributed by atoms with Gasteiger partial charge in [-0.2, -0.15) is 0 Å². The predicted molar refractivity (Wildman–Crippen MR) is 155 cm³/mol. The molecule has 1 aliphatic carbocycles. The fourth-order valence-electron chi connectivity index (χ4n) is 5.70. The number of amides is 3. The van der Waals surface area contributed by atoms with Gasteiger partial charge in [0.25, 0.3) is 15.9 Å². The van der Waals surface area contributed by atoms with Gasteiger partial charge in [-0.25, -0.2) is 17.1 Å². The second-order valence-electron chi connectivity index (χ2n) is 10.8. The molecule has 0 saturated heterocycles. The first-order chi connectivity index (χ1) is 20.3. The van der Waals surface area contributed by atoms with Gasteiger partial charge in [0.1, 0.15) is 16.8 Å². The van der Waals surface area contributed by atoms with Gasteiger partial charge in [0.15, 0.2) is 0 Å². The second-order valence-corrected chi connectivity index (χ2v) is 12.6. The molecule has 10 heteroatoms. The number of carbonyl (C=O) groups excluding carboxylic acids is 3. The lowest BCUT2D eigenvalue weighted by Crippen LogP contribution is -2.52. The first-order valence-corrected chi connectivity index (χ1v) is 15.7. The minimum Gasteiger partial charge on any atom is -0.352 e. The average molecular weight is 592 g/mol. The Bertz CT molecular complexity index is 1560. The number of sulfonamides is 1. The molecule has 0 unspecified atom stereocenters. The number of fused-ring (bicyclic) bond motifs is 1. The Morgan fingerprint density at radius 2 is 1.62 bits per heavy atom. The van der Waals surface area contributed by atoms with Gasteiger partial charge in [-0.3, -0.25) is 14.4 Å². The molecule has 42 heavy (non-hydrogen) atoms. The van der Waals surface area contributed by atoms with E-state index in [0.717, 1.165) is 35.6 Å². The highest BCUT2D eigenvalue weighted by Gasteiger charge is 2.40. The Morgan fingerprint density at radius 3 is 2.33 bits per heavy atom. The van der Waals surface area contributed by atoms with Gasteiger partial charge in [-0.15, -0.1) is 0 Å². The molecule has 1 saturated carbocycles. The molecule has 5 rings (SSSR count). The Kier molecular flexibility index (Phi) is 9.01. The molecule has 0 radical (unpaired) electrons. The molecule has 220 valence electrons. The van der Waals surface area contributed by atoms with Crippen molar-refractivity contribution in [1.29, 1.82) is 0 Å². The quantitative estimate of drug-likeness (QED) is 0.355. The Labute approximate surface area is 245 Å². The van der Waals surface area contributed by atoms with E-state index in [-0.39, 0.29) is 60.3 Å². The number of hydrogen-bond acceptors (Lipinski definition) is 5. The van der Waals surface area contributed by atoms with Crippen LogP contribution >= 0.6 is 0 Å². The summed E-state index contributed by atoms with van der Waals surface area (Å²) in [7, 11) is -4.01. The highest BCUT2D eigenvalue weighted by Crippen LogP contribution is 2.30. The summed E-state index contributed by atoms with van der Waals surface area (Å²) in [5.41, 5.74) is 1.23. The van der Waals surface area contributed by atoms with Gasteiger partial charge in [-0.05, 0) is 43.0 Å². The maximum absolute atomic E-state index is 14.8. The van der Waals surface area contributed by atoms with Crippen LogP contribution in [0.2, 0.25) is 0 Å². The molecule has 0 spiro atoms. The third-order valence-corrected chi connectivity index (χ3v) is 9.78. The highest BCUT2D eigenvalue weighted by atomic mass is 32.2. The third-order valence-electron chi connectivity index (χ3n) is 7.94. The van der Waals surface area contributed by atoms with Gasteiger partial charge in [0.05, 0.1) is 5.56 Å². The topological polar surface area (TPSA) is 104 Å². The van der Waals surface area contributed by atoms with Gasteiger partial charge in [-0.1, -0.05) is 73.5 Å². The number of nitrogens with one attached hydrogen (secondary N) is 1. The predicted octanol–water partition coefficient (Wildman–Crippen LogP) is 4.45. The molecule has 1 heterocycles. The van der Waals surface area contributed by atoms with E-state index in [1.165, 1.54) is 23.1 Å². The number of hydrogen-bond donors (Lipinski definition) is 1. The summed E-state index contributed by atoms with van der Waals surface area (Å²) in [6, 6.07) is 20.6. The molecule has 1 atom stereocenters. The van der Waals surface area contributed by atoms with E-state index < -0.39 is 33.7 Å². The van der Waals surface area contributed by atoms with Crippen LogP contribution < -0.4 is 5.32 Å². The fraction of sp³-hybridized carbons (Fsp3) is 0.344. The Hall–Kier alpha value is -4.05. The van der Waals surface area contributed by atoms with Crippen LogP contribution in [-0.4, -0.2) is 54.0 Å². The molecule has 1 fully saturated rings. The van der Waals surface area contributed by atoms with E-state index in [9.17, 15) is 27.2 Å². The van der Waals surface area contributed by atoms with E-state index in [1.54, 1.807) is 30.3 Å². The monoisotopic (exact) mass is 591 g/mol. The van der Waals surface area contributed by atoms with Crippen molar-refractivity contribution in [3.05, 3.63) is 101 Å². The number of nitrogens with zero attached hydrogens (tertiary/aromatic N) is 2. The summed E-state index contributed by atoms with van der Waals surface area (Å²) in [6.45, 7) is -0.319. The van der Waals surface area contributed by atoms with Crippen LogP contribution in [-0.2, 0) is 32.6 Å². The van der Waals surface area contributed by atoms with Crippen molar-refractivity contribution in [3.8, 4) is 0 Å². The molecule has 8 nitrogen and oxygen atoms in total. The van der Waals surface area contributed by atoms with Crippen LogP contribution in [0.1, 0.15) is 60.0 Å². The van der Waals surface area contributed by atoms with Crippen molar-refractivity contribution in [2.24, 2.45) is 0 Å². The SMILES string of the molecule is O=C(NC1CCCC1)[C@@H](Cc1ccccc1)N(Cc1ccccc1F)C(=O)CCCN1C(=O)c2ccccc2S1(=O)=O. The molecule has 0 bridgehead atoms. The van der Waals surface area contributed by atoms with E-state index >= 15 is 0 Å². The van der Waals surface area contributed by atoms with Gasteiger partial charge < -0.3 is 10.2 Å². The van der Waals surface area contributed by atoms with Crippen LogP contribution in [0.25, 0.3) is 0 Å². The summed E-state index contributed by atoms with van der Waals surface area (Å²) in [5, 5.41) is 3.10. The van der Waals surface area contributed by atoms with Crippen LogP contribution in [0, 0.1) is 5.82 Å². The second kappa shape index (κ2) is 12.9. The minimum absolute atomic E-state index is 0.0224. The molecule has 3 amide bonds. The molecular weight excluding hydrogens is 557 g/mol. The normalized spacial score (nSPS) is 16.7. The maximum Gasteiger partial charge on any atom is 0.269 e. The first kappa shape index (κ1) is 29.4. The minimum atomic E-state index is -4.01. The summed E-state index contributed by atoms with van der Waals surface area (Å²) >= 11 is 0. The van der Waals surface area contributed by atoms with Crippen LogP contribution in [0.3, 0.4) is 0 Å². The fourth-order valence-corrected chi connectivity index (χ4v) is 7.31. The molecular formula is C32H34FN3O5S. The summed E-state index contributed by atoms with van der Waals surface area (Å²) in [4.78, 5) is 41.7. The maximum atomic E-state index is 14.8. The largest absolute Gasteiger partial charge is 0.352 e. The highest BCUT2D eigenvalue weighted by molar-refractivity contribution is 7.90. The molecule has 0 aromatic heterocycles. The van der Waals surface area contributed by atoms with Crippen molar-refractivity contribution < 1.29 is 27.2 Å². The smallest absolute Gasteiger partial charge is 0.269 e. The molecule has 1 aliphatic heterocycles.